The van der Waals surface area contributed by atoms with Crippen LogP contribution in [0.2, 0.25) is 0 Å². The molecule has 3 aromatic carbocycles. The molecule has 166 valence electrons. The first-order valence-corrected chi connectivity index (χ1v) is 11.7. The number of amides is 1. The molecule has 4 rings (SSSR count). The SMILES string of the molecule is N#CCCNS(=O)(=O)c1cccc(C(=O)N[C@H](c2ccccc2)c2ccc3nc[nH]c3c2)c1. The van der Waals surface area contributed by atoms with Gasteiger partial charge in [-0.2, -0.15) is 5.26 Å². The number of rotatable bonds is 8. The molecule has 0 fully saturated rings. The first-order valence-electron chi connectivity index (χ1n) is 10.2. The van der Waals surface area contributed by atoms with E-state index in [4.69, 9.17) is 5.26 Å². The highest BCUT2D eigenvalue weighted by molar-refractivity contribution is 7.89. The van der Waals surface area contributed by atoms with Crippen LogP contribution in [-0.2, 0) is 10.0 Å². The summed E-state index contributed by atoms with van der Waals surface area (Å²) < 4.78 is 27.3. The second-order valence-corrected chi connectivity index (χ2v) is 9.10. The van der Waals surface area contributed by atoms with Crippen LogP contribution in [0.3, 0.4) is 0 Å². The second-order valence-electron chi connectivity index (χ2n) is 7.33. The van der Waals surface area contributed by atoms with Crippen molar-refractivity contribution in [1.29, 1.82) is 5.26 Å². The molecular formula is C24H21N5O3S. The standard InChI is InChI=1S/C24H21N5O3S/c25-12-5-13-28-33(31,32)20-9-4-8-19(14-20)24(30)29-23(17-6-2-1-3-7-17)18-10-11-21-22(15-18)27-16-26-21/h1-4,6-11,14-16,23,28H,5,13H2,(H,26,27)(H,29,30)/t23-/m1/s1. The van der Waals surface area contributed by atoms with E-state index in [0.29, 0.717) is 0 Å². The molecule has 0 aliphatic heterocycles. The van der Waals surface area contributed by atoms with Gasteiger partial charge in [-0.15, -0.1) is 0 Å². The average molecular weight is 460 g/mol. The molecule has 0 spiro atoms. The molecule has 0 saturated carbocycles. The van der Waals surface area contributed by atoms with Gasteiger partial charge in [0.25, 0.3) is 5.91 Å². The summed E-state index contributed by atoms with van der Waals surface area (Å²) in [5.41, 5.74) is 3.61. The number of nitriles is 1. The Kier molecular flexibility index (Phi) is 6.49. The Labute approximate surface area is 191 Å². The van der Waals surface area contributed by atoms with Gasteiger partial charge in [0.15, 0.2) is 0 Å². The lowest BCUT2D eigenvalue weighted by Crippen LogP contribution is -2.30. The number of benzene rings is 3. The van der Waals surface area contributed by atoms with E-state index in [-0.39, 0.29) is 23.4 Å². The number of aromatic nitrogens is 2. The monoisotopic (exact) mass is 459 g/mol. The fourth-order valence-electron chi connectivity index (χ4n) is 3.48. The number of aromatic amines is 1. The highest BCUT2D eigenvalue weighted by Gasteiger charge is 2.20. The molecule has 8 nitrogen and oxygen atoms in total. The van der Waals surface area contributed by atoms with E-state index in [1.54, 1.807) is 12.4 Å². The third-order valence-electron chi connectivity index (χ3n) is 5.12. The van der Waals surface area contributed by atoms with Crippen LogP contribution in [0, 0.1) is 11.3 Å². The third-order valence-corrected chi connectivity index (χ3v) is 6.58. The van der Waals surface area contributed by atoms with Gasteiger partial charge in [0.05, 0.1) is 34.4 Å². The van der Waals surface area contributed by atoms with E-state index in [1.807, 2.05) is 54.6 Å². The predicted octanol–water partition coefficient (Wildman–Crippen LogP) is 3.27. The molecule has 0 radical (unpaired) electrons. The van der Waals surface area contributed by atoms with Gasteiger partial charge in [0.1, 0.15) is 0 Å². The predicted molar refractivity (Wildman–Crippen MR) is 124 cm³/mol. The zero-order valence-corrected chi connectivity index (χ0v) is 18.3. The number of carbonyl (C=O) groups excluding carboxylic acids is 1. The van der Waals surface area contributed by atoms with E-state index in [2.05, 4.69) is 20.0 Å². The van der Waals surface area contributed by atoms with E-state index >= 15 is 0 Å². The molecule has 1 amide bonds. The lowest BCUT2D eigenvalue weighted by atomic mass is 9.97. The number of fused-ring (bicyclic) bond motifs is 1. The second kappa shape index (κ2) is 9.65. The van der Waals surface area contributed by atoms with Crippen molar-refractivity contribution >= 4 is 27.0 Å². The Morgan fingerprint density at radius 2 is 1.85 bits per heavy atom. The summed E-state index contributed by atoms with van der Waals surface area (Å²) in [4.78, 5) is 20.4. The van der Waals surface area contributed by atoms with E-state index in [1.165, 1.54) is 18.2 Å². The number of H-pyrrole nitrogens is 1. The van der Waals surface area contributed by atoms with Gasteiger partial charge in [0.2, 0.25) is 10.0 Å². The minimum atomic E-state index is -3.83. The molecular weight excluding hydrogens is 438 g/mol. The minimum absolute atomic E-state index is 0.00141. The molecule has 1 aromatic heterocycles. The molecule has 0 aliphatic rings. The van der Waals surface area contributed by atoms with E-state index < -0.39 is 22.0 Å². The maximum Gasteiger partial charge on any atom is 0.252 e. The quantitative estimate of drug-likeness (QED) is 0.349. The summed E-state index contributed by atoms with van der Waals surface area (Å²) in [6.07, 6.45) is 1.67. The lowest BCUT2D eigenvalue weighted by Gasteiger charge is -2.20. The highest BCUT2D eigenvalue weighted by atomic mass is 32.2. The molecule has 0 bridgehead atoms. The van der Waals surface area contributed by atoms with Crippen LogP contribution in [0.5, 0.6) is 0 Å². The minimum Gasteiger partial charge on any atom is -0.345 e. The summed E-state index contributed by atoms with van der Waals surface area (Å²) >= 11 is 0. The Morgan fingerprint density at radius 3 is 2.64 bits per heavy atom. The number of nitrogens with zero attached hydrogens (tertiary/aromatic N) is 2. The molecule has 0 saturated heterocycles. The molecule has 1 atom stereocenters. The van der Waals surface area contributed by atoms with Crippen molar-refractivity contribution in [2.45, 2.75) is 17.4 Å². The number of hydrogen-bond acceptors (Lipinski definition) is 5. The first-order chi connectivity index (χ1) is 16.0. The fraction of sp³-hybridized carbons (Fsp3) is 0.125. The lowest BCUT2D eigenvalue weighted by molar-refractivity contribution is 0.0942. The van der Waals surface area contributed by atoms with Gasteiger partial charge in [-0.25, -0.2) is 18.1 Å². The smallest absolute Gasteiger partial charge is 0.252 e. The summed E-state index contributed by atoms with van der Waals surface area (Å²) in [6, 6.07) is 22.5. The zero-order chi connectivity index (χ0) is 23.3. The van der Waals surface area contributed by atoms with Gasteiger partial charge in [-0.3, -0.25) is 4.79 Å². The molecule has 9 heteroatoms. The number of sulfonamides is 1. The van der Waals surface area contributed by atoms with Gasteiger partial charge >= 0.3 is 0 Å². The number of nitrogens with one attached hydrogen (secondary N) is 3. The van der Waals surface area contributed by atoms with Crippen molar-refractivity contribution in [2.24, 2.45) is 0 Å². The highest BCUT2D eigenvalue weighted by Crippen LogP contribution is 2.25. The summed E-state index contributed by atoms with van der Waals surface area (Å²) in [7, 11) is -3.83. The van der Waals surface area contributed by atoms with Gasteiger partial charge in [0, 0.05) is 18.5 Å². The first kappa shape index (κ1) is 22.2. The normalized spacial score (nSPS) is 12.2. The topological polar surface area (TPSA) is 128 Å². The van der Waals surface area contributed by atoms with Crippen LogP contribution in [0.25, 0.3) is 11.0 Å². The van der Waals surface area contributed by atoms with Crippen molar-refractivity contribution in [1.82, 2.24) is 20.0 Å². The van der Waals surface area contributed by atoms with Crippen molar-refractivity contribution in [3.8, 4) is 6.07 Å². The summed E-state index contributed by atoms with van der Waals surface area (Å²) in [5.74, 6) is -0.414. The van der Waals surface area contributed by atoms with E-state index in [0.717, 1.165) is 22.2 Å². The number of imidazole rings is 1. The van der Waals surface area contributed by atoms with Crippen LogP contribution in [0.1, 0.15) is 33.9 Å². The van der Waals surface area contributed by atoms with Crippen molar-refractivity contribution in [3.63, 3.8) is 0 Å². The Morgan fingerprint density at radius 1 is 1.03 bits per heavy atom. The number of carbonyl (C=O) groups is 1. The van der Waals surface area contributed by atoms with Crippen molar-refractivity contribution in [2.75, 3.05) is 6.54 Å². The Bertz CT molecular complexity index is 1430. The largest absolute Gasteiger partial charge is 0.345 e. The Balaban J connectivity index is 1.63. The molecule has 0 aliphatic carbocycles. The Hall–Kier alpha value is -4.00. The zero-order valence-electron chi connectivity index (χ0n) is 17.5. The maximum atomic E-state index is 13.2. The fourth-order valence-corrected chi connectivity index (χ4v) is 4.56. The van der Waals surface area contributed by atoms with E-state index in [9.17, 15) is 13.2 Å². The average Bonchev–Trinajstić information content (AvgIpc) is 3.31. The van der Waals surface area contributed by atoms with Crippen LogP contribution >= 0.6 is 0 Å². The maximum absolute atomic E-state index is 13.2. The van der Waals surface area contributed by atoms with Crippen LogP contribution in [0.15, 0.2) is 84.0 Å². The van der Waals surface area contributed by atoms with Crippen molar-refractivity contribution < 1.29 is 13.2 Å². The van der Waals surface area contributed by atoms with Crippen LogP contribution in [0.4, 0.5) is 0 Å². The molecule has 0 unspecified atom stereocenters. The summed E-state index contributed by atoms with van der Waals surface area (Å²) in [5, 5.41) is 11.6. The molecule has 3 N–H and O–H groups in total. The number of hydrogen-bond donors (Lipinski definition) is 3. The van der Waals surface area contributed by atoms with Gasteiger partial charge in [-0.05, 0) is 41.5 Å². The van der Waals surface area contributed by atoms with Crippen LogP contribution in [-0.4, -0.2) is 30.8 Å². The van der Waals surface area contributed by atoms with Gasteiger partial charge < -0.3 is 10.3 Å². The molecule has 1 heterocycles. The summed E-state index contributed by atoms with van der Waals surface area (Å²) in [6.45, 7) is 0.00141. The van der Waals surface area contributed by atoms with Crippen LogP contribution < -0.4 is 10.0 Å². The van der Waals surface area contributed by atoms with Crippen molar-refractivity contribution in [3.05, 3.63) is 95.8 Å². The molecule has 4 aromatic rings. The molecule has 33 heavy (non-hydrogen) atoms. The van der Waals surface area contributed by atoms with Gasteiger partial charge in [-0.1, -0.05) is 42.5 Å². The third kappa shape index (κ3) is 5.09.